The van der Waals surface area contributed by atoms with Crippen molar-refractivity contribution in [3.63, 3.8) is 0 Å². The summed E-state index contributed by atoms with van der Waals surface area (Å²) in [6.07, 6.45) is 6.32. The lowest BCUT2D eigenvalue weighted by Gasteiger charge is -2.37. The van der Waals surface area contributed by atoms with E-state index in [1.807, 2.05) is 0 Å². The van der Waals surface area contributed by atoms with Gasteiger partial charge in [0.15, 0.2) is 6.29 Å². The number of unbranched alkanes of at least 4 members (excludes halogenated alkanes) is 10. The molecule has 0 amide bonds. The van der Waals surface area contributed by atoms with Crippen molar-refractivity contribution in [2.75, 3.05) is 6.61 Å². The number of carbonyl (C=O) groups excluding carboxylic acids is 1. The van der Waals surface area contributed by atoms with Crippen molar-refractivity contribution in [3.05, 3.63) is 0 Å². The highest BCUT2D eigenvalue weighted by atomic mass is 16.6. The SMILES string of the molecule is CCCCCCCCCCCCCC(=O)OC[C@H]1OC(O)[C@H](O)[C@@H](O)[C@@H]1O. The van der Waals surface area contributed by atoms with Gasteiger partial charge in [0.25, 0.3) is 0 Å². The van der Waals surface area contributed by atoms with Crippen molar-refractivity contribution < 1.29 is 34.7 Å². The fraction of sp³-hybridized carbons (Fsp3) is 0.950. The fourth-order valence-electron chi connectivity index (χ4n) is 3.25. The highest BCUT2D eigenvalue weighted by molar-refractivity contribution is 5.69. The van der Waals surface area contributed by atoms with Gasteiger partial charge in [-0.3, -0.25) is 4.79 Å². The Morgan fingerprint density at radius 1 is 0.778 bits per heavy atom. The monoisotopic (exact) mass is 390 g/mol. The molecule has 160 valence electrons. The summed E-state index contributed by atoms with van der Waals surface area (Å²) in [4.78, 5) is 11.7. The van der Waals surface area contributed by atoms with Gasteiger partial charge in [0.05, 0.1) is 0 Å². The molecular weight excluding hydrogens is 352 g/mol. The third-order valence-electron chi connectivity index (χ3n) is 5.08. The highest BCUT2D eigenvalue weighted by Gasteiger charge is 2.43. The molecule has 0 spiro atoms. The van der Waals surface area contributed by atoms with E-state index in [0.717, 1.165) is 19.3 Å². The smallest absolute Gasteiger partial charge is 0.305 e. The minimum atomic E-state index is -1.61. The maximum absolute atomic E-state index is 11.7. The summed E-state index contributed by atoms with van der Waals surface area (Å²) in [5.41, 5.74) is 0. The third kappa shape index (κ3) is 9.85. The van der Waals surface area contributed by atoms with Crippen molar-refractivity contribution in [2.45, 2.75) is 115 Å². The molecular formula is C20H38O7. The highest BCUT2D eigenvalue weighted by Crippen LogP contribution is 2.20. The number of aliphatic hydroxyl groups excluding tert-OH is 4. The summed E-state index contributed by atoms with van der Waals surface area (Å²) in [6, 6.07) is 0. The zero-order valence-electron chi connectivity index (χ0n) is 16.6. The Bertz CT molecular complexity index is 391. The van der Waals surface area contributed by atoms with Crippen LogP contribution in [0.25, 0.3) is 0 Å². The van der Waals surface area contributed by atoms with E-state index in [1.54, 1.807) is 0 Å². The van der Waals surface area contributed by atoms with Gasteiger partial charge in [-0.1, -0.05) is 71.1 Å². The van der Waals surface area contributed by atoms with Crippen molar-refractivity contribution >= 4 is 5.97 Å². The van der Waals surface area contributed by atoms with Crippen molar-refractivity contribution in [2.24, 2.45) is 0 Å². The van der Waals surface area contributed by atoms with Gasteiger partial charge < -0.3 is 29.9 Å². The largest absolute Gasteiger partial charge is 0.463 e. The Morgan fingerprint density at radius 2 is 1.30 bits per heavy atom. The quantitative estimate of drug-likeness (QED) is 0.265. The third-order valence-corrected chi connectivity index (χ3v) is 5.08. The lowest BCUT2D eigenvalue weighted by molar-refractivity contribution is -0.287. The fourth-order valence-corrected chi connectivity index (χ4v) is 3.25. The maximum atomic E-state index is 11.7. The first-order valence-electron chi connectivity index (χ1n) is 10.5. The normalized spacial score (nSPS) is 28.3. The standard InChI is InChI=1S/C20H38O7/c1-2-3-4-5-6-7-8-9-10-11-12-13-16(21)26-14-15-17(22)18(23)19(24)20(25)27-15/h15,17-20,22-25H,2-14H2,1H3/t15-,17-,18+,19-,20?/m1/s1. The Balaban J connectivity index is 1.99. The molecule has 7 nitrogen and oxygen atoms in total. The molecule has 27 heavy (non-hydrogen) atoms. The van der Waals surface area contributed by atoms with Crippen LogP contribution < -0.4 is 0 Å². The topological polar surface area (TPSA) is 116 Å². The van der Waals surface area contributed by atoms with Gasteiger partial charge in [-0.05, 0) is 6.42 Å². The summed E-state index contributed by atoms with van der Waals surface area (Å²) < 4.78 is 10.0. The van der Waals surface area contributed by atoms with Crippen LogP contribution in [0.4, 0.5) is 0 Å². The molecule has 1 aliphatic heterocycles. The lowest BCUT2D eigenvalue weighted by Crippen LogP contribution is -2.58. The number of hydrogen-bond donors (Lipinski definition) is 4. The second-order valence-corrected chi connectivity index (χ2v) is 7.51. The minimum Gasteiger partial charge on any atom is -0.463 e. The second kappa shape index (κ2) is 14.3. The second-order valence-electron chi connectivity index (χ2n) is 7.51. The first kappa shape index (κ1) is 24.3. The molecule has 0 bridgehead atoms. The van der Waals surface area contributed by atoms with Crippen LogP contribution in [0, 0.1) is 0 Å². The van der Waals surface area contributed by atoms with Gasteiger partial charge >= 0.3 is 5.97 Å². The van der Waals surface area contributed by atoms with E-state index in [1.165, 1.54) is 51.4 Å². The number of hydrogen-bond acceptors (Lipinski definition) is 7. The maximum Gasteiger partial charge on any atom is 0.305 e. The van der Waals surface area contributed by atoms with E-state index in [2.05, 4.69) is 6.92 Å². The van der Waals surface area contributed by atoms with E-state index in [4.69, 9.17) is 9.47 Å². The van der Waals surface area contributed by atoms with Gasteiger partial charge in [0.1, 0.15) is 31.0 Å². The molecule has 0 radical (unpaired) electrons. The zero-order valence-corrected chi connectivity index (χ0v) is 16.6. The Kier molecular flexibility index (Phi) is 12.9. The molecule has 1 heterocycles. The van der Waals surface area contributed by atoms with Gasteiger partial charge in [-0.2, -0.15) is 0 Å². The van der Waals surface area contributed by atoms with Gasteiger partial charge in [0, 0.05) is 6.42 Å². The van der Waals surface area contributed by atoms with Crippen LogP contribution in [0.15, 0.2) is 0 Å². The average Bonchev–Trinajstić information content (AvgIpc) is 2.66. The first-order chi connectivity index (χ1) is 13.0. The van der Waals surface area contributed by atoms with Crippen LogP contribution in [0.1, 0.15) is 84.0 Å². The Morgan fingerprint density at radius 3 is 1.85 bits per heavy atom. The van der Waals surface area contributed by atoms with Crippen LogP contribution >= 0.6 is 0 Å². The molecule has 0 aromatic rings. The number of rotatable bonds is 14. The van der Waals surface area contributed by atoms with Crippen LogP contribution in [-0.2, 0) is 14.3 Å². The lowest BCUT2D eigenvalue weighted by atomic mass is 9.99. The predicted molar refractivity (Wildman–Crippen MR) is 101 cm³/mol. The van der Waals surface area contributed by atoms with Crippen molar-refractivity contribution in [1.82, 2.24) is 0 Å². The van der Waals surface area contributed by atoms with Crippen molar-refractivity contribution in [3.8, 4) is 0 Å². The Labute approximate surface area is 162 Å². The Hall–Kier alpha value is -0.730. The van der Waals surface area contributed by atoms with Crippen LogP contribution in [0.5, 0.6) is 0 Å². The zero-order chi connectivity index (χ0) is 20.1. The van der Waals surface area contributed by atoms with Crippen LogP contribution in [0.3, 0.4) is 0 Å². The molecule has 1 aliphatic rings. The minimum absolute atomic E-state index is 0.265. The molecule has 5 atom stereocenters. The summed E-state index contributed by atoms with van der Waals surface area (Å²) >= 11 is 0. The summed E-state index contributed by atoms with van der Waals surface area (Å²) in [7, 11) is 0. The number of esters is 1. The van der Waals surface area contributed by atoms with E-state index in [0.29, 0.717) is 6.42 Å². The van der Waals surface area contributed by atoms with Gasteiger partial charge in [-0.25, -0.2) is 0 Å². The van der Waals surface area contributed by atoms with Crippen LogP contribution in [-0.4, -0.2) is 63.7 Å². The van der Waals surface area contributed by atoms with Gasteiger partial charge in [0.2, 0.25) is 0 Å². The molecule has 1 unspecified atom stereocenters. The number of aliphatic hydroxyl groups is 4. The molecule has 0 aromatic carbocycles. The van der Waals surface area contributed by atoms with E-state index < -0.39 is 36.7 Å². The van der Waals surface area contributed by atoms with E-state index in [9.17, 15) is 25.2 Å². The number of ether oxygens (including phenoxy) is 2. The molecule has 0 aromatic heterocycles. The molecule has 7 heteroatoms. The molecule has 1 saturated heterocycles. The summed E-state index contributed by atoms with van der Waals surface area (Å²) in [5.74, 6) is -0.392. The molecule has 0 saturated carbocycles. The number of carbonyl (C=O) groups is 1. The summed E-state index contributed by atoms with van der Waals surface area (Å²) in [6.45, 7) is 1.96. The molecule has 1 rings (SSSR count). The van der Waals surface area contributed by atoms with Gasteiger partial charge in [-0.15, -0.1) is 0 Å². The van der Waals surface area contributed by atoms with Crippen LogP contribution in [0.2, 0.25) is 0 Å². The molecule has 4 N–H and O–H groups in total. The molecule has 1 fully saturated rings. The predicted octanol–water partition coefficient (Wildman–Crippen LogP) is 2.03. The first-order valence-corrected chi connectivity index (χ1v) is 10.5. The van der Waals surface area contributed by atoms with Crippen molar-refractivity contribution in [1.29, 1.82) is 0 Å². The average molecular weight is 391 g/mol. The van der Waals surface area contributed by atoms with E-state index >= 15 is 0 Å². The summed E-state index contributed by atoms with van der Waals surface area (Å²) in [5, 5.41) is 38.2. The molecule has 0 aliphatic carbocycles. The van der Waals surface area contributed by atoms with E-state index in [-0.39, 0.29) is 6.61 Å².